The van der Waals surface area contributed by atoms with Gasteiger partial charge in [0.05, 0.1) is 12.6 Å². The van der Waals surface area contributed by atoms with Crippen LogP contribution in [-0.4, -0.2) is 13.7 Å². The van der Waals surface area contributed by atoms with E-state index < -0.39 is 0 Å². The molecule has 0 saturated carbocycles. The smallest absolute Gasteiger partial charge is 0.123 e. The summed E-state index contributed by atoms with van der Waals surface area (Å²) in [7, 11) is 1.91. The topological polar surface area (TPSA) is 21.3 Å². The van der Waals surface area contributed by atoms with Crippen LogP contribution >= 0.6 is 11.3 Å². The second-order valence-electron chi connectivity index (χ2n) is 4.30. The highest BCUT2D eigenvalue weighted by molar-refractivity contribution is 7.19. The van der Waals surface area contributed by atoms with Crippen LogP contribution in [0.4, 0.5) is 4.39 Å². The fraction of sp³-hybridized carbons (Fsp3) is 0.286. The van der Waals surface area contributed by atoms with Crippen molar-refractivity contribution < 1.29 is 9.13 Å². The molecule has 0 aliphatic carbocycles. The second-order valence-corrected chi connectivity index (χ2v) is 5.41. The lowest BCUT2D eigenvalue weighted by atomic mass is 10.1. The van der Waals surface area contributed by atoms with Crippen molar-refractivity contribution in [3.63, 3.8) is 0 Å². The Labute approximate surface area is 109 Å². The number of thiophene rings is 1. The van der Waals surface area contributed by atoms with Crippen LogP contribution in [0.1, 0.15) is 17.3 Å². The molecule has 0 saturated heterocycles. The molecule has 94 valence electrons. The Hall–Kier alpha value is -1.39. The van der Waals surface area contributed by atoms with Gasteiger partial charge in [0.2, 0.25) is 0 Å². The maximum absolute atomic E-state index is 13.2. The van der Waals surface area contributed by atoms with Crippen LogP contribution < -0.4 is 5.32 Å². The first kappa shape index (κ1) is 11.7. The lowest BCUT2D eigenvalue weighted by Gasteiger charge is -2.15. The van der Waals surface area contributed by atoms with Crippen LogP contribution in [0, 0.1) is 5.82 Å². The molecule has 1 atom stereocenters. The van der Waals surface area contributed by atoms with Crippen molar-refractivity contribution in [2.75, 3.05) is 13.7 Å². The van der Waals surface area contributed by atoms with E-state index in [0.717, 1.165) is 33.8 Å². The van der Waals surface area contributed by atoms with Crippen molar-refractivity contribution in [3.05, 3.63) is 46.8 Å². The average Bonchev–Trinajstić information content (AvgIpc) is 2.98. The van der Waals surface area contributed by atoms with Crippen molar-refractivity contribution >= 4 is 21.4 Å². The molecule has 0 amide bonds. The van der Waals surface area contributed by atoms with Gasteiger partial charge in [-0.25, -0.2) is 4.39 Å². The lowest BCUT2D eigenvalue weighted by Crippen LogP contribution is -2.17. The van der Waals surface area contributed by atoms with Gasteiger partial charge in [-0.05, 0) is 42.8 Å². The molecular formula is C14H14FNOS. The van der Waals surface area contributed by atoms with Gasteiger partial charge in [0.25, 0.3) is 0 Å². The highest BCUT2D eigenvalue weighted by atomic mass is 32.1. The number of hydrogen-bond acceptors (Lipinski definition) is 3. The standard InChI is InChI=1S/C14H14FNOS/c1-16-14(11-3-2-6-17-11)13-8-9-7-10(15)4-5-12(9)18-13/h3-5,7-8,14,16H,2,6H2,1H3. The van der Waals surface area contributed by atoms with Gasteiger partial charge in [0, 0.05) is 16.0 Å². The molecule has 0 fully saturated rings. The maximum atomic E-state index is 13.2. The third-order valence-corrected chi connectivity index (χ3v) is 4.27. The summed E-state index contributed by atoms with van der Waals surface area (Å²) in [5.41, 5.74) is 0. The van der Waals surface area contributed by atoms with Crippen molar-refractivity contribution in [1.82, 2.24) is 5.32 Å². The Morgan fingerprint density at radius 3 is 3.00 bits per heavy atom. The number of nitrogens with one attached hydrogen (secondary N) is 1. The molecule has 4 heteroatoms. The van der Waals surface area contributed by atoms with Crippen molar-refractivity contribution in [1.29, 1.82) is 0 Å². The molecule has 1 N–H and O–H groups in total. The minimum absolute atomic E-state index is 0.0768. The Kier molecular flexibility index (Phi) is 3.06. The zero-order valence-electron chi connectivity index (χ0n) is 10.1. The highest BCUT2D eigenvalue weighted by Gasteiger charge is 2.21. The summed E-state index contributed by atoms with van der Waals surface area (Å²) >= 11 is 1.68. The molecule has 0 radical (unpaired) electrons. The SMILES string of the molecule is CNC(C1=CCCO1)c1cc2cc(F)ccc2s1. The highest BCUT2D eigenvalue weighted by Crippen LogP contribution is 2.35. The predicted molar refractivity (Wildman–Crippen MR) is 72.2 cm³/mol. The molecule has 0 bridgehead atoms. The van der Waals surface area contributed by atoms with E-state index in [1.807, 2.05) is 19.2 Å². The largest absolute Gasteiger partial charge is 0.496 e. The van der Waals surface area contributed by atoms with Gasteiger partial charge in [-0.15, -0.1) is 11.3 Å². The first-order chi connectivity index (χ1) is 8.78. The van der Waals surface area contributed by atoms with Crippen molar-refractivity contribution in [3.8, 4) is 0 Å². The lowest BCUT2D eigenvalue weighted by molar-refractivity contribution is 0.219. The molecule has 1 aliphatic heterocycles. The van der Waals surface area contributed by atoms with Crippen LogP contribution in [0.3, 0.4) is 0 Å². The molecular weight excluding hydrogens is 249 g/mol. The summed E-state index contributed by atoms with van der Waals surface area (Å²) in [6, 6.07) is 7.02. The van der Waals surface area contributed by atoms with E-state index >= 15 is 0 Å². The minimum atomic E-state index is -0.191. The van der Waals surface area contributed by atoms with Gasteiger partial charge in [0.1, 0.15) is 11.6 Å². The summed E-state index contributed by atoms with van der Waals surface area (Å²) in [4.78, 5) is 1.16. The van der Waals surface area contributed by atoms with Gasteiger partial charge in [0.15, 0.2) is 0 Å². The molecule has 2 heterocycles. The van der Waals surface area contributed by atoms with Crippen LogP contribution in [0.25, 0.3) is 10.1 Å². The normalized spacial score (nSPS) is 16.7. The molecule has 1 aromatic heterocycles. The Bertz CT molecular complexity index is 605. The fourth-order valence-corrected chi connectivity index (χ4v) is 3.40. The molecule has 18 heavy (non-hydrogen) atoms. The predicted octanol–water partition coefficient (Wildman–Crippen LogP) is 3.61. The summed E-state index contributed by atoms with van der Waals surface area (Å²) < 4.78 is 19.9. The zero-order chi connectivity index (χ0) is 12.5. The summed E-state index contributed by atoms with van der Waals surface area (Å²) in [6.45, 7) is 0.757. The molecule has 2 nitrogen and oxygen atoms in total. The van der Waals surface area contributed by atoms with E-state index in [4.69, 9.17) is 4.74 Å². The van der Waals surface area contributed by atoms with E-state index in [-0.39, 0.29) is 11.9 Å². The first-order valence-electron chi connectivity index (χ1n) is 5.97. The number of rotatable bonds is 3. The molecule has 0 spiro atoms. The van der Waals surface area contributed by atoms with Crippen molar-refractivity contribution in [2.24, 2.45) is 0 Å². The number of fused-ring (bicyclic) bond motifs is 1. The summed E-state index contributed by atoms with van der Waals surface area (Å²) in [6.07, 6.45) is 3.08. The molecule has 2 aromatic rings. The van der Waals surface area contributed by atoms with Gasteiger partial charge in [-0.1, -0.05) is 0 Å². The number of ether oxygens (including phenoxy) is 1. The van der Waals surface area contributed by atoms with Gasteiger partial charge in [-0.3, -0.25) is 0 Å². The van der Waals surface area contributed by atoms with E-state index in [9.17, 15) is 4.39 Å². The van der Waals surface area contributed by atoms with Crippen LogP contribution in [0.5, 0.6) is 0 Å². The quantitative estimate of drug-likeness (QED) is 0.913. The van der Waals surface area contributed by atoms with E-state index in [0.29, 0.717) is 0 Å². The number of likely N-dealkylation sites (N-methyl/N-ethyl adjacent to an activating group) is 1. The fourth-order valence-electron chi connectivity index (χ4n) is 2.24. The van der Waals surface area contributed by atoms with Crippen LogP contribution in [0.2, 0.25) is 0 Å². The summed E-state index contributed by atoms with van der Waals surface area (Å²) in [5, 5.41) is 4.21. The Balaban J connectivity index is 2.01. The number of halogens is 1. The van der Waals surface area contributed by atoms with E-state index in [2.05, 4.69) is 11.4 Å². The molecule has 1 aliphatic rings. The molecule has 1 unspecified atom stereocenters. The van der Waals surface area contributed by atoms with Gasteiger partial charge in [-0.2, -0.15) is 0 Å². The first-order valence-corrected chi connectivity index (χ1v) is 6.78. The van der Waals surface area contributed by atoms with Gasteiger partial charge >= 0.3 is 0 Å². The average molecular weight is 263 g/mol. The molecule has 3 rings (SSSR count). The number of hydrogen-bond donors (Lipinski definition) is 1. The maximum Gasteiger partial charge on any atom is 0.123 e. The number of benzene rings is 1. The summed E-state index contributed by atoms with van der Waals surface area (Å²) in [5.74, 6) is 0.786. The van der Waals surface area contributed by atoms with Crippen molar-refractivity contribution in [2.45, 2.75) is 12.5 Å². The van der Waals surface area contributed by atoms with E-state index in [1.54, 1.807) is 17.4 Å². The van der Waals surface area contributed by atoms with Crippen LogP contribution in [0.15, 0.2) is 36.1 Å². The third-order valence-electron chi connectivity index (χ3n) is 3.09. The Morgan fingerprint density at radius 1 is 1.39 bits per heavy atom. The van der Waals surface area contributed by atoms with Gasteiger partial charge < -0.3 is 10.1 Å². The monoisotopic (exact) mass is 263 g/mol. The Morgan fingerprint density at radius 2 is 2.28 bits per heavy atom. The van der Waals surface area contributed by atoms with E-state index in [1.165, 1.54) is 6.07 Å². The third kappa shape index (κ3) is 2.02. The second kappa shape index (κ2) is 4.71. The zero-order valence-corrected chi connectivity index (χ0v) is 10.9. The van der Waals surface area contributed by atoms with Crippen LogP contribution in [-0.2, 0) is 4.74 Å². The molecule has 1 aromatic carbocycles. The minimum Gasteiger partial charge on any atom is -0.496 e.